The minimum atomic E-state index is 0.162. The summed E-state index contributed by atoms with van der Waals surface area (Å²) in [7, 11) is 0. The maximum Gasteiger partial charge on any atom is 0.223 e. The summed E-state index contributed by atoms with van der Waals surface area (Å²) in [5.41, 5.74) is 0.943. The molecule has 0 aromatic carbocycles. The van der Waals surface area contributed by atoms with Gasteiger partial charge in [-0.3, -0.25) is 4.79 Å². The number of hydrogen-bond acceptors (Lipinski definition) is 4. The maximum atomic E-state index is 11.6. The van der Waals surface area contributed by atoms with Crippen LogP contribution in [0.5, 0.6) is 5.88 Å². The highest BCUT2D eigenvalue weighted by Crippen LogP contribution is 2.28. The summed E-state index contributed by atoms with van der Waals surface area (Å²) in [5, 5.41) is 9.34. The maximum absolute atomic E-state index is 11.6. The average Bonchev–Trinajstić information content (AvgIpc) is 3.42. The summed E-state index contributed by atoms with van der Waals surface area (Å²) in [5.74, 6) is 1.74. The first-order valence-corrected chi connectivity index (χ1v) is 8.61. The van der Waals surface area contributed by atoms with E-state index >= 15 is 0 Å². The first-order chi connectivity index (χ1) is 11.7. The number of guanidine groups is 1. The number of hydrogen-bond donors (Lipinski definition) is 3. The molecule has 24 heavy (non-hydrogen) atoms. The monoisotopic (exact) mass is 333 g/mol. The molecule has 1 aliphatic carbocycles. The van der Waals surface area contributed by atoms with Gasteiger partial charge in [0.25, 0.3) is 0 Å². The van der Waals surface area contributed by atoms with Crippen LogP contribution in [0.15, 0.2) is 23.3 Å². The van der Waals surface area contributed by atoms with Crippen molar-refractivity contribution in [2.75, 3.05) is 26.2 Å². The number of nitrogens with zero attached hydrogens (tertiary/aromatic N) is 2. The van der Waals surface area contributed by atoms with Gasteiger partial charge in [-0.25, -0.2) is 9.98 Å². The molecule has 3 N–H and O–H groups in total. The van der Waals surface area contributed by atoms with Crippen LogP contribution in [0.25, 0.3) is 0 Å². The Morgan fingerprint density at radius 3 is 2.79 bits per heavy atom. The van der Waals surface area contributed by atoms with Crippen molar-refractivity contribution in [1.29, 1.82) is 0 Å². The van der Waals surface area contributed by atoms with Crippen molar-refractivity contribution in [2.45, 2.75) is 33.2 Å². The predicted molar refractivity (Wildman–Crippen MR) is 94.0 cm³/mol. The lowest BCUT2D eigenvalue weighted by Crippen LogP contribution is -2.41. The summed E-state index contributed by atoms with van der Waals surface area (Å²) in [4.78, 5) is 20.4. The van der Waals surface area contributed by atoms with Crippen LogP contribution < -0.4 is 20.7 Å². The summed E-state index contributed by atoms with van der Waals surface area (Å²) in [6.45, 7) is 7.00. The van der Waals surface area contributed by atoms with Crippen LogP contribution in [0.1, 0.15) is 32.3 Å². The molecule has 1 saturated carbocycles. The Bertz CT molecular complexity index is 558. The fourth-order valence-electron chi connectivity index (χ4n) is 2.17. The van der Waals surface area contributed by atoms with E-state index in [9.17, 15) is 4.79 Å². The highest BCUT2D eigenvalue weighted by molar-refractivity contribution is 5.81. The molecule has 0 saturated heterocycles. The van der Waals surface area contributed by atoms with Gasteiger partial charge in [-0.1, -0.05) is 6.07 Å². The van der Waals surface area contributed by atoms with Crippen LogP contribution in [0.2, 0.25) is 0 Å². The van der Waals surface area contributed by atoms with Gasteiger partial charge in [0.2, 0.25) is 11.8 Å². The van der Waals surface area contributed by atoms with Crippen molar-refractivity contribution in [2.24, 2.45) is 10.9 Å². The van der Waals surface area contributed by atoms with E-state index in [1.54, 1.807) is 6.20 Å². The molecular formula is C17H27N5O2. The number of ether oxygens (including phenoxy) is 1. The minimum Gasteiger partial charge on any atom is -0.478 e. The molecule has 1 fully saturated rings. The second kappa shape index (κ2) is 9.75. The molecule has 0 radical (unpaired) electrons. The predicted octanol–water partition coefficient (Wildman–Crippen LogP) is 1.06. The zero-order valence-electron chi connectivity index (χ0n) is 14.5. The molecular weight excluding hydrogens is 306 g/mol. The van der Waals surface area contributed by atoms with Crippen molar-refractivity contribution in [3.63, 3.8) is 0 Å². The largest absolute Gasteiger partial charge is 0.478 e. The smallest absolute Gasteiger partial charge is 0.223 e. The van der Waals surface area contributed by atoms with Gasteiger partial charge in [0.15, 0.2) is 5.96 Å². The number of carbonyl (C=O) groups excluding carboxylic acids is 1. The van der Waals surface area contributed by atoms with Gasteiger partial charge in [0, 0.05) is 37.3 Å². The Labute approximate surface area is 143 Å². The normalized spacial score (nSPS) is 14.2. The second-order valence-electron chi connectivity index (χ2n) is 5.59. The summed E-state index contributed by atoms with van der Waals surface area (Å²) in [6, 6.07) is 3.84. The number of aliphatic imine (C=N–C) groups is 1. The van der Waals surface area contributed by atoms with E-state index in [2.05, 4.69) is 25.9 Å². The first-order valence-electron chi connectivity index (χ1n) is 8.61. The second-order valence-corrected chi connectivity index (χ2v) is 5.59. The van der Waals surface area contributed by atoms with Crippen molar-refractivity contribution < 1.29 is 9.53 Å². The molecule has 7 nitrogen and oxygen atoms in total. The van der Waals surface area contributed by atoms with Crippen LogP contribution in [-0.2, 0) is 11.3 Å². The lowest BCUT2D eigenvalue weighted by atomic mass is 10.3. The SMILES string of the molecule is CCNC(=NCc1cccnc1OCC)NCCNC(=O)C1CC1. The third-order valence-corrected chi connectivity index (χ3v) is 3.55. The number of amides is 1. The molecule has 1 amide bonds. The Morgan fingerprint density at radius 1 is 1.29 bits per heavy atom. The Balaban J connectivity index is 1.82. The van der Waals surface area contributed by atoms with E-state index in [0.717, 1.165) is 24.9 Å². The number of carbonyl (C=O) groups is 1. The first kappa shape index (κ1) is 18.0. The third-order valence-electron chi connectivity index (χ3n) is 3.55. The van der Waals surface area contributed by atoms with Crippen LogP contribution in [0.3, 0.4) is 0 Å². The fourth-order valence-corrected chi connectivity index (χ4v) is 2.17. The quantitative estimate of drug-likeness (QED) is 0.357. The lowest BCUT2D eigenvalue weighted by molar-refractivity contribution is -0.122. The Kier molecular flexibility index (Phi) is 7.32. The minimum absolute atomic E-state index is 0.162. The summed E-state index contributed by atoms with van der Waals surface area (Å²) in [6.07, 6.45) is 3.76. The van der Waals surface area contributed by atoms with Gasteiger partial charge in [-0.05, 0) is 32.8 Å². The number of aromatic nitrogens is 1. The molecule has 0 bridgehead atoms. The van der Waals surface area contributed by atoms with Crippen LogP contribution >= 0.6 is 0 Å². The highest BCUT2D eigenvalue weighted by Gasteiger charge is 2.28. The third kappa shape index (κ3) is 6.06. The van der Waals surface area contributed by atoms with Crippen molar-refractivity contribution in [3.8, 4) is 5.88 Å². The zero-order valence-corrected chi connectivity index (χ0v) is 14.5. The van der Waals surface area contributed by atoms with Crippen molar-refractivity contribution in [3.05, 3.63) is 23.9 Å². The number of rotatable bonds is 9. The fraction of sp³-hybridized carbons (Fsp3) is 0.588. The summed E-state index contributed by atoms with van der Waals surface area (Å²) >= 11 is 0. The molecule has 0 spiro atoms. The molecule has 1 heterocycles. The van der Waals surface area contributed by atoms with Gasteiger partial charge >= 0.3 is 0 Å². The van der Waals surface area contributed by atoms with Gasteiger partial charge in [0.05, 0.1) is 13.2 Å². The number of pyridine rings is 1. The van der Waals surface area contributed by atoms with E-state index in [-0.39, 0.29) is 11.8 Å². The standard InChI is InChI=1S/C17H27N5O2/c1-3-18-17(21-11-10-19-15(23)13-7-8-13)22-12-14-6-5-9-20-16(14)24-4-2/h5-6,9,13H,3-4,7-8,10-12H2,1-2H3,(H,19,23)(H2,18,21,22). The topological polar surface area (TPSA) is 87.6 Å². The average molecular weight is 333 g/mol. The molecule has 0 unspecified atom stereocenters. The number of nitrogens with one attached hydrogen (secondary N) is 3. The molecule has 1 aromatic heterocycles. The van der Waals surface area contributed by atoms with Crippen LogP contribution in [-0.4, -0.2) is 43.1 Å². The van der Waals surface area contributed by atoms with Crippen molar-refractivity contribution >= 4 is 11.9 Å². The Hall–Kier alpha value is -2.31. The van der Waals surface area contributed by atoms with Crippen molar-refractivity contribution in [1.82, 2.24) is 20.9 Å². The van der Waals surface area contributed by atoms with E-state index < -0.39 is 0 Å². The molecule has 0 aliphatic heterocycles. The molecule has 1 aliphatic rings. The molecule has 0 atom stereocenters. The zero-order chi connectivity index (χ0) is 17.2. The molecule has 7 heteroatoms. The van der Waals surface area contributed by atoms with Gasteiger partial charge in [-0.15, -0.1) is 0 Å². The van der Waals surface area contributed by atoms with Gasteiger partial charge < -0.3 is 20.7 Å². The van der Waals surface area contributed by atoms with Crippen LogP contribution in [0.4, 0.5) is 0 Å². The van der Waals surface area contributed by atoms with Gasteiger partial charge in [0.1, 0.15) is 0 Å². The van der Waals surface area contributed by atoms with E-state index in [1.165, 1.54) is 0 Å². The highest BCUT2D eigenvalue weighted by atomic mass is 16.5. The van der Waals surface area contributed by atoms with E-state index in [0.29, 0.717) is 38.1 Å². The molecule has 1 aromatic rings. The van der Waals surface area contributed by atoms with E-state index in [4.69, 9.17) is 4.74 Å². The molecule has 2 rings (SSSR count). The summed E-state index contributed by atoms with van der Waals surface area (Å²) < 4.78 is 5.51. The lowest BCUT2D eigenvalue weighted by Gasteiger charge is -2.12. The van der Waals surface area contributed by atoms with Crippen LogP contribution in [0, 0.1) is 5.92 Å². The van der Waals surface area contributed by atoms with Gasteiger partial charge in [-0.2, -0.15) is 0 Å². The Morgan fingerprint density at radius 2 is 2.08 bits per heavy atom. The van der Waals surface area contributed by atoms with E-state index in [1.807, 2.05) is 26.0 Å². The molecule has 132 valence electrons.